The lowest BCUT2D eigenvalue weighted by Gasteiger charge is -2.41. The number of benzene rings is 2. The Hall–Kier alpha value is -6.28. The van der Waals surface area contributed by atoms with Gasteiger partial charge in [-0.25, -0.2) is 28.1 Å². The molecule has 5 heterocycles. The molecule has 1 fully saturated rings. The van der Waals surface area contributed by atoms with Gasteiger partial charge in [-0.2, -0.15) is 25.2 Å². The smallest absolute Gasteiger partial charge is 0.355 e. The fourth-order valence-electron chi connectivity index (χ4n) is 7.20. The Morgan fingerprint density at radius 3 is 2.49 bits per heavy atom. The molecular weight excluding hydrogens is 831 g/mol. The fraction of sp³-hybridized carbons (Fsp3) is 0.317. The number of thioether (sulfide) groups is 1. The molecule has 6 aromatic rings. The number of amides is 2. The highest BCUT2D eigenvalue weighted by Crippen LogP contribution is 2.37. The van der Waals surface area contributed by atoms with E-state index < -0.39 is 44.4 Å². The summed E-state index contributed by atoms with van der Waals surface area (Å²) < 4.78 is 58.4. The Bertz CT molecular complexity index is 2770. The van der Waals surface area contributed by atoms with E-state index >= 15 is 8.78 Å². The van der Waals surface area contributed by atoms with Gasteiger partial charge in [0.1, 0.15) is 35.7 Å². The number of phenolic OH excluding ortho intramolecular Hbond substituents is 1. The number of hydrogen-bond donors (Lipinski definition) is 2. The van der Waals surface area contributed by atoms with Crippen LogP contribution in [0.25, 0.3) is 28.0 Å². The maximum absolute atomic E-state index is 16.1. The Morgan fingerprint density at radius 2 is 1.80 bits per heavy atom. The lowest BCUT2D eigenvalue weighted by Crippen LogP contribution is -2.54. The van der Waals surface area contributed by atoms with Crippen molar-refractivity contribution in [3.05, 3.63) is 112 Å². The number of nitrogens with one attached hydrogen (secondary N) is 1. The number of rotatable bonds is 13. The molecule has 4 aromatic heterocycles. The van der Waals surface area contributed by atoms with Crippen LogP contribution in [0.3, 0.4) is 0 Å². The van der Waals surface area contributed by atoms with Crippen molar-refractivity contribution in [1.29, 1.82) is 0 Å². The van der Waals surface area contributed by atoms with Crippen molar-refractivity contribution < 1.29 is 31.9 Å². The van der Waals surface area contributed by atoms with Gasteiger partial charge in [-0.3, -0.25) is 14.6 Å². The fourth-order valence-corrected chi connectivity index (χ4v) is 9.01. The first-order valence-corrected chi connectivity index (χ1v) is 21.9. The summed E-state index contributed by atoms with van der Waals surface area (Å²) in [6.45, 7) is 8.70. The zero-order chi connectivity index (χ0) is 43.6. The largest absolute Gasteiger partial charge is 0.507 e. The van der Waals surface area contributed by atoms with Crippen molar-refractivity contribution in [2.24, 2.45) is 0 Å². The topological polar surface area (TPSA) is 198 Å². The lowest BCUT2D eigenvalue weighted by atomic mass is 10.0. The van der Waals surface area contributed by atoms with Crippen LogP contribution in [0.1, 0.15) is 54.7 Å². The average molecular weight is 873 g/mol. The van der Waals surface area contributed by atoms with Crippen molar-refractivity contribution >= 4 is 50.5 Å². The van der Waals surface area contributed by atoms with Gasteiger partial charge in [-0.1, -0.05) is 19.9 Å². The molecule has 2 aromatic carbocycles. The highest BCUT2D eigenvalue weighted by molar-refractivity contribution is 7.99. The Labute approximate surface area is 353 Å². The second-order valence-electron chi connectivity index (χ2n) is 14.7. The first kappa shape index (κ1) is 42.8. The van der Waals surface area contributed by atoms with Gasteiger partial charge in [-0.05, 0) is 73.9 Å². The molecule has 1 saturated heterocycles. The van der Waals surface area contributed by atoms with Crippen molar-refractivity contribution in [3.8, 4) is 22.7 Å². The average Bonchev–Trinajstić information content (AvgIpc) is 3.79. The minimum Gasteiger partial charge on any atom is -0.507 e. The number of nitrogens with zero attached hydrogens (tertiary/aromatic N) is 9. The number of anilines is 1. The second-order valence-corrected chi connectivity index (χ2v) is 17.7. The lowest BCUT2D eigenvalue weighted by molar-refractivity contribution is -0.131. The number of pyridine rings is 2. The minimum absolute atomic E-state index is 0.00120. The number of aryl methyl sites for hydroxylation is 1. The number of aromatic hydroxyl groups is 1. The molecule has 0 saturated carbocycles. The molecule has 0 spiro atoms. The Balaban J connectivity index is 1.02. The van der Waals surface area contributed by atoms with Crippen LogP contribution >= 0.6 is 11.8 Å². The van der Waals surface area contributed by atoms with E-state index in [9.17, 15) is 27.9 Å². The third-order valence-corrected chi connectivity index (χ3v) is 12.8. The molecule has 16 nitrogen and oxygen atoms in total. The zero-order valence-electron chi connectivity index (χ0n) is 33.6. The third-order valence-electron chi connectivity index (χ3n) is 10.3. The molecule has 0 unspecified atom stereocenters. The van der Waals surface area contributed by atoms with Gasteiger partial charge in [0.15, 0.2) is 11.5 Å². The predicted octanol–water partition coefficient (Wildman–Crippen LogP) is 4.68. The first-order valence-electron chi connectivity index (χ1n) is 19.3. The van der Waals surface area contributed by atoms with Crippen molar-refractivity contribution in [2.45, 2.75) is 51.0 Å². The maximum atomic E-state index is 16.1. The molecule has 7 rings (SSSR count). The van der Waals surface area contributed by atoms with Gasteiger partial charge in [0.2, 0.25) is 5.91 Å². The number of phenols is 1. The van der Waals surface area contributed by atoms with Crippen LogP contribution in [0.15, 0.2) is 83.1 Å². The van der Waals surface area contributed by atoms with Crippen molar-refractivity contribution in [3.63, 3.8) is 0 Å². The molecule has 1 aliphatic rings. The van der Waals surface area contributed by atoms with Crippen LogP contribution in [0.5, 0.6) is 5.75 Å². The van der Waals surface area contributed by atoms with Crippen molar-refractivity contribution in [2.75, 3.05) is 42.6 Å². The highest BCUT2D eigenvalue weighted by Gasteiger charge is 2.32. The van der Waals surface area contributed by atoms with E-state index in [2.05, 4.69) is 30.4 Å². The van der Waals surface area contributed by atoms with E-state index in [0.29, 0.717) is 48.1 Å². The molecule has 20 heteroatoms. The molecule has 2 amide bonds. The SMILES string of the molecule is Cc1ccnc(C(C)C)c1-n1c(=O)nc(N2CCN(C(=O)CCSCCNC(=O)c3ccc(S(=O)(=O)n4cncn4)cc3)C[C@@H]2C)c2cc(F)c(-c3c(O)cccc3F)nc21. The van der Waals surface area contributed by atoms with Crippen LogP contribution in [0.4, 0.5) is 14.6 Å². The molecule has 2 N–H and O–H groups in total. The first-order chi connectivity index (χ1) is 29.2. The van der Waals surface area contributed by atoms with E-state index in [1.165, 1.54) is 52.7 Å². The number of halogens is 2. The quantitative estimate of drug-likeness (QED) is 0.152. The zero-order valence-corrected chi connectivity index (χ0v) is 35.3. The number of hydrogen-bond acceptors (Lipinski definition) is 13. The van der Waals surface area contributed by atoms with E-state index in [1.807, 2.05) is 25.7 Å². The summed E-state index contributed by atoms with van der Waals surface area (Å²) in [5.74, 6) is -1.73. The maximum Gasteiger partial charge on any atom is 0.355 e. The van der Waals surface area contributed by atoms with Gasteiger partial charge < -0.3 is 20.2 Å². The summed E-state index contributed by atoms with van der Waals surface area (Å²) in [6.07, 6.45) is 4.06. The van der Waals surface area contributed by atoms with E-state index in [1.54, 1.807) is 24.1 Å². The standard InChI is InChI=1S/C41H42F2N10O6S2/c1-24(2)35-37(25(3)12-14-45-35)53-39-29(20-31(43)36(48-39)34-30(42)6-5-7-32(34)54)38(49-41(53)57)51-17-16-50(21-26(51)4)33(55)13-18-60-19-15-46-40(56)27-8-10-28(11-9-27)61(58,59)52-23-44-22-47-52/h5-12,14,20,22-24,26,54H,13,15-19,21H2,1-4H3,(H,46,56)/t26-/m0/s1. The number of fused-ring (bicyclic) bond motifs is 1. The number of carbonyl (C=O) groups excluding carboxylic acids is 2. The molecule has 0 radical (unpaired) electrons. The van der Waals surface area contributed by atoms with Gasteiger partial charge in [0.05, 0.1) is 27.2 Å². The normalized spacial score (nSPS) is 14.5. The summed E-state index contributed by atoms with van der Waals surface area (Å²) in [5, 5.41) is 17.2. The molecule has 0 aliphatic carbocycles. The summed E-state index contributed by atoms with van der Waals surface area (Å²) >= 11 is 1.49. The van der Waals surface area contributed by atoms with Crippen LogP contribution in [-0.2, 0) is 14.8 Å². The van der Waals surface area contributed by atoms with Crippen LogP contribution < -0.4 is 15.9 Å². The number of carbonyl (C=O) groups is 2. The van der Waals surface area contributed by atoms with E-state index in [0.717, 1.165) is 28.9 Å². The van der Waals surface area contributed by atoms with Crippen LogP contribution in [0.2, 0.25) is 0 Å². The molecule has 318 valence electrons. The second kappa shape index (κ2) is 17.7. The molecule has 61 heavy (non-hydrogen) atoms. The molecule has 1 atom stereocenters. The predicted molar refractivity (Wildman–Crippen MR) is 225 cm³/mol. The van der Waals surface area contributed by atoms with E-state index in [4.69, 9.17) is 0 Å². The summed E-state index contributed by atoms with van der Waals surface area (Å²) in [5.41, 5.74) is 0.328. The molecule has 1 aliphatic heterocycles. The summed E-state index contributed by atoms with van der Waals surface area (Å²) in [7, 11) is -3.91. The van der Waals surface area contributed by atoms with Crippen LogP contribution in [0, 0.1) is 18.6 Å². The highest BCUT2D eigenvalue weighted by atomic mass is 32.2. The third kappa shape index (κ3) is 8.67. The van der Waals surface area contributed by atoms with Crippen molar-refractivity contribution in [1.82, 2.24) is 43.9 Å². The minimum atomic E-state index is -3.91. The van der Waals surface area contributed by atoms with E-state index in [-0.39, 0.29) is 64.0 Å². The Morgan fingerprint density at radius 1 is 1.03 bits per heavy atom. The van der Waals surface area contributed by atoms with Crippen LogP contribution in [-0.4, -0.2) is 108 Å². The molecular formula is C41H42F2N10O6S2. The summed E-state index contributed by atoms with van der Waals surface area (Å²) in [6, 6.07) is 11.6. The van der Waals surface area contributed by atoms with Gasteiger partial charge in [0, 0.05) is 61.9 Å². The van der Waals surface area contributed by atoms with Gasteiger partial charge in [-0.15, -0.1) is 9.19 Å². The van der Waals surface area contributed by atoms with Gasteiger partial charge in [0.25, 0.3) is 15.9 Å². The summed E-state index contributed by atoms with van der Waals surface area (Å²) in [4.78, 5) is 60.9. The van der Waals surface area contributed by atoms with Gasteiger partial charge >= 0.3 is 5.69 Å². The number of piperazine rings is 1. The Kier molecular flexibility index (Phi) is 12.5. The number of aromatic nitrogens is 7. The molecule has 0 bridgehead atoms. The monoisotopic (exact) mass is 872 g/mol.